The standard InChI is InChI=1S/C17H17Cl2N3O5S/c1-27-17-11-15(2-3-16(17)22(23)24)28(25,26)21-6-4-20(5-7-21)14-9-12(18)8-13(19)10-14/h2-3,8-11H,4-7H2,1H3. The molecular formula is C17H17Cl2N3O5S. The summed E-state index contributed by atoms with van der Waals surface area (Å²) in [7, 11) is -2.55. The van der Waals surface area contributed by atoms with Gasteiger partial charge in [-0.3, -0.25) is 10.1 Å². The molecule has 1 fully saturated rings. The van der Waals surface area contributed by atoms with Crippen LogP contribution in [0, 0.1) is 10.1 Å². The number of sulfonamides is 1. The van der Waals surface area contributed by atoms with E-state index in [1.54, 1.807) is 18.2 Å². The summed E-state index contributed by atoms with van der Waals surface area (Å²) < 4.78 is 32.2. The van der Waals surface area contributed by atoms with Crippen LogP contribution in [0.2, 0.25) is 10.0 Å². The molecule has 0 bridgehead atoms. The Balaban J connectivity index is 1.78. The molecule has 0 aromatic heterocycles. The van der Waals surface area contributed by atoms with Crippen molar-refractivity contribution >= 4 is 44.6 Å². The maximum absolute atomic E-state index is 12.9. The van der Waals surface area contributed by atoms with Crippen molar-refractivity contribution in [2.45, 2.75) is 4.90 Å². The number of nitro groups is 1. The first-order valence-corrected chi connectivity index (χ1v) is 10.5. The van der Waals surface area contributed by atoms with E-state index in [0.29, 0.717) is 23.1 Å². The minimum absolute atomic E-state index is 0.0470. The van der Waals surface area contributed by atoms with Crippen molar-refractivity contribution in [3.8, 4) is 5.75 Å². The van der Waals surface area contributed by atoms with Crippen LogP contribution in [0.15, 0.2) is 41.3 Å². The van der Waals surface area contributed by atoms with Gasteiger partial charge < -0.3 is 9.64 Å². The Labute approximate surface area is 172 Å². The van der Waals surface area contributed by atoms with Crippen LogP contribution >= 0.6 is 23.2 Å². The molecule has 0 unspecified atom stereocenters. The highest BCUT2D eigenvalue weighted by atomic mass is 35.5. The summed E-state index contributed by atoms with van der Waals surface area (Å²) in [6.45, 7) is 1.43. The number of rotatable bonds is 5. The van der Waals surface area contributed by atoms with E-state index in [-0.39, 0.29) is 29.4 Å². The van der Waals surface area contributed by atoms with E-state index < -0.39 is 14.9 Å². The molecule has 0 saturated carbocycles. The highest BCUT2D eigenvalue weighted by molar-refractivity contribution is 7.89. The van der Waals surface area contributed by atoms with E-state index >= 15 is 0 Å². The Bertz CT molecular complexity index is 988. The van der Waals surface area contributed by atoms with Gasteiger partial charge in [-0.15, -0.1) is 0 Å². The first-order valence-electron chi connectivity index (χ1n) is 8.26. The van der Waals surface area contributed by atoms with Gasteiger partial charge in [0.1, 0.15) is 0 Å². The third kappa shape index (κ3) is 4.17. The number of anilines is 1. The number of nitrogens with zero attached hydrogens (tertiary/aromatic N) is 3. The number of benzene rings is 2. The second kappa shape index (κ2) is 8.12. The van der Waals surface area contributed by atoms with Gasteiger partial charge in [-0.1, -0.05) is 23.2 Å². The zero-order valence-corrected chi connectivity index (χ0v) is 17.2. The topological polar surface area (TPSA) is 93.0 Å². The molecule has 0 radical (unpaired) electrons. The summed E-state index contributed by atoms with van der Waals surface area (Å²) >= 11 is 12.1. The first kappa shape index (κ1) is 20.7. The van der Waals surface area contributed by atoms with E-state index in [1.165, 1.54) is 23.5 Å². The van der Waals surface area contributed by atoms with Crippen LogP contribution in [0.5, 0.6) is 5.75 Å². The van der Waals surface area contributed by atoms with Gasteiger partial charge in [-0.25, -0.2) is 8.42 Å². The smallest absolute Gasteiger partial charge is 0.310 e. The molecule has 11 heteroatoms. The Kier molecular flexibility index (Phi) is 5.99. The molecule has 1 saturated heterocycles. The van der Waals surface area contributed by atoms with Gasteiger partial charge in [-0.2, -0.15) is 4.31 Å². The number of halogens is 2. The number of ether oxygens (including phenoxy) is 1. The largest absolute Gasteiger partial charge is 0.490 e. The number of hydrogen-bond acceptors (Lipinski definition) is 6. The number of methoxy groups -OCH3 is 1. The van der Waals surface area contributed by atoms with Gasteiger partial charge in [0.05, 0.1) is 16.9 Å². The molecule has 8 nitrogen and oxygen atoms in total. The van der Waals surface area contributed by atoms with E-state index in [2.05, 4.69) is 0 Å². The summed E-state index contributed by atoms with van der Waals surface area (Å²) in [6, 6.07) is 8.72. The molecular weight excluding hydrogens is 429 g/mol. The van der Waals surface area contributed by atoms with Gasteiger partial charge in [0.2, 0.25) is 10.0 Å². The van der Waals surface area contributed by atoms with E-state index in [9.17, 15) is 18.5 Å². The molecule has 0 aliphatic carbocycles. The lowest BCUT2D eigenvalue weighted by atomic mass is 10.2. The Morgan fingerprint density at radius 1 is 1.04 bits per heavy atom. The van der Waals surface area contributed by atoms with Crippen molar-refractivity contribution in [1.29, 1.82) is 0 Å². The third-order valence-electron chi connectivity index (χ3n) is 4.44. The van der Waals surface area contributed by atoms with Crippen LogP contribution in [0.1, 0.15) is 0 Å². The molecule has 2 aromatic carbocycles. The number of piperazine rings is 1. The van der Waals surface area contributed by atoms with Crippen LogP contribution in [0.3, 0.4) is 0 Å². The Hall–Kier alpha value is -2.07. The van der Waals surface area contributed by atoms with Crippen molar-refractivity contribution in [2.75, 3.05) is 38.2 Å². The molecule has 0 N–H and O–H groups in total. The predicted octanol–water partition coefficient (Wildman–Crippen LogP) is 3.42. The molecule has 0 atom stereocenters. The maximum atomic E-state index is 12.9. The molecule has 1 aliphatic rings. The summed E-state index contributed by atoms with van der Waals surface area (Å²) in [6.07, 6.45) is 0. The second-order valence-electron chi connectivity index (χ2n) is 6.11. The summed E-state index contributed by atoms with van der Waals surface area (Å²) in [5.74, 6) is -0.0988. The van der Waals surface area contributed by atoms with E-state index in [0.717, 1.165) is 11.8 Å². The van der Waals surface area contributed by atoms with Crippen molar-refractivity contribution in [3.05, 3.63) is 56.6 Å². The minimum Gasteiger partial charge on any atom is -0.490 e. The highest BCUT2D eigenvalue weighted by Gasteiger charge is 2.30. The summed E-state index contributed by atoms with van der Waals surface area (Å²) in [5, 5.41) is 12.0. The van der Waals surface area contributed by atoms with Crippen molar-refractivity contribution in [3.63, 3.8) is 0 Å². The fourth-order valence-electron chi connectivity index (χ4n) is 3.03. The number of nitro benzene ring substituents is 1. The third-order valence-corrected chi connectivity index (χ3v) is 6.77. The quantitative estimate of drug-likeness (QED) is 0.516. The molecule has 0 amide bonds. The molecule has 3 rings (SSSR count). The van der Waals surface area contributed by atoms with Crippen LogP contribution in [-0.2, 0) is 10.0 Å². The van der Waals surface area contributed by atoms with Gasteiger partial charge in [-0.05, 0) is 24.3 Å². The monoisotopic (exact) mass is 445 g/mol. The molecule has 0 spiro atoms. The fourth-order valence-corrected chi connectivity index (χ4v) is 4.98. The molecule has 1 heterocycles. The average molecular weight is 446 g/mol. The molecule has 28 heavy (non-hydrogen) atoms. The summed E-state index contributed by atoms with van der Waals surface area (Å²) in [5.41, 5.74) is 0.538. The molecule has 150 valence electrons. The average Bonchev–Trinajstić information content (AvgIpc) is 2.66. The van der Waals surface area contributed by atoms with Gasteiger partial charge in [0, 0.05) is 54.0 Å². The maximum Gasteiger partial charge on any atom is 0.310 e. The fraction of sp³-hybridized carbons (Fsp3) is 0.294. The first-order chi connectivity index (χ1) is 13.2. The normalized spacial score (nSPS) is 15.5. The molecule has 1 aliphatic heterocycles. The minimum atomic E-state index is -3.81. The van der Waals surface area contributed by atoms with E-state index in [1.807, 2.05) is 4.90 Å². The van der Waals surface area contributed by atoms with Crippen LogP contribution in [-0.4, -0.2) is 50.9 Å². The van der Waals surface area contributed by atoms with Gasteiger partial charge in [0.25, 0.3) is 0 Å². The van der Waals surface area contributed by atoms with Crippen molar-refractivity contribution in [2.24, 2.45) is 0 Å². The zero-order chi connectivity index (χ0) is 20.5. The lowest BCUT2D eigenvalue weighted by Crippen LogP contribution is -2.48. The van der Waals surface area contributed by atoms with Crippen LogP contribution in [0.4, 0.5) is 11.4 Å². The second-order valence-corrected chi connectivity index (χ2v) is 8.92. The lowest BCUT2D eigenvalue weighted by Gasteiger charge is -2.35. The number of hydrogen-bond donors (Lipinski definition) is 0. The van der Waals surface area contributed by atoms with Crippen molar-refractivity contribution < 1.29 is 18.1 Å². The highest BCUT2D eigenvalue weighted by Crippen LogP contribution is 2.31. The summed E-state index contributed by atoms with van der Waals surface area (Å²) in [4.78, 5) is 12.3. The van der Waals surface area contributed by atoms with Crippen LogP contribution in [0.25, 0.3) is 0 Å². The van der Waals surface area contributed by atoms with Crippen LogP contribution < -0.4 is 9.64 Å². The van der Waals surface area contributed by atoms with Gasteiger partial charge >= 0.3 is 5.69 Å². The zero-order valence-electron chi connectivity index (χ0n) is 14.8. The molecule has 2 aromatic rings. The Morgan fingerprint density at radius 3 is 2.18 bits per heavy atom. The SMILES string of the molecule is COc1cc(S(=O)(=O)N2CCN(c3cc(Cl)cc(Cl)c3)CC2)ccc1[N+](=O)[O-]. The predicted molar refractivity (Wildman–Crippen MR) is 107 cm³/mol. The van der Waals surface area contributed by atoms with Gasteiger partial charge in [0.15, 0.2) is 5.75 Å². The van der Waals surface area contributed by atoms with E-state index in [4.69, 9.17) is 27.9 Å². The Morgan fingerprint density at radius 2 is 1.64 bits per heavy atom. The van der Waals surface area contributed by atoms with Crippen molar-refractivity contribution in [1.82, 2.24) is 4.31 Å². The lowest BCUT2D eigenvalue weighted by molar-refractivity contribution is -0.385.